The maximum atomic E-state index is 12.4. The van der Waals surface area contributed by atoms with Gasteiger partial charge in [0.2, 0.25) is 5.91 Å². The van der Waals surface area contributed by atoms with Gasteiger partial charge in [0.1, 0.15) is 0 Å². The van der Waals surface area contributed by atoms with E-state index in [9.17, 15) is 4.79 Å². The van der Waals surface area contributed by atoms with E-state index in [1.165, 1.54) is 18.4 Å². The summed E-state index contributed by atoms with van der Waals surface area (Å²) >= 11 is 0. The van der Waals surface area contributed by atoms with Crippen molar-refractivity contribution in [2.24, 2.45) is 5.73 Å². The second-order valence-corrected chi connectivity index (χ2v) is 7.45. The van der Waals surface area contributed by atoms with Gasteiger partial charge in [-0.15, -0.1) is 0 Å². The van der Waals surface area contributed by atoms with Gasteiger partial charge < -0.3 is 15.5 Å². The van der Waals surface area contributed by atoms with Crippen molar-refractivity contribution in [1.82, 2.24) is 9.80 Å². The molecule has 0 saturated carbocycles. The van der Waals surface area contributed by atoms with Crippen LogP contribution in [0.2, 0.25) is 0 Å². The summed E-state index contributed by atoms with van der Waals surface area (Å²) in [6.07, 6.45) is 8.54. The molecule has 1 saturated heterocycles. The first kappa shape index (κ1) is 20.9. The molecule has 0 aliphatic carbocycles. The van der Waals surface area contributed by atoms with Crippen LogP contribution in [0.5, 0.6) is 0 Å². The molecule has 4 heteroatoms. The zero-order chi connectivity index (χ0) is 18.6. The third-order valence-electron chi connectivity index (χ3n) is 5.53. The highest BCUT2D eigenvalue weighted by atomic mass is 16.2. The summed E-state index contributed by atoms with van der Waals surface area (Å²) in [5, 5.41) is 0. The molecule has 1 aliphatic heterocycles. The molecular formula is C22H37N3O. The Labute approximate surface area is 159 Å². The predicted molar refractivity (Wildman–Crippen MR) is 109 cm³/mol. The van der Waals surface area contributed by atoms with E-state index in [2.05, 4.69) is 40.1 Å². The Bertz CT molecular complexity index is 497. The monoisotopic (exact) mass is 359 g/mol. The quantitative estimate of drug-likeness (QED) is 0.616. The van der Waals surface area contributed by atoms with Crippen LogP contribution in [0.1, 0.15) is 57.4 Å². The molecule has 1 aromatic carbocycles. The summed E-state index contributed by atoms with van der Waals surface area (Å²) < 4.78 is 0. The van der Waals surface area contributed by atoms with Crippen LogP contribution in [0.25, 0.3) is 0 Å². The minimum absolute atomic E-state index is 0.326. The fraction of sp³-hybridized carbons (Fsp3) is 0.682. The van der Waals surface area contributed by atoms with Gasteiger partial charge in [-0.05, 0) is 44.2 Å². The summed E-state index contributed by atoms with van der Waals surface area (Å²) in [6.45, 7) is 7.03. The van der Waals surface area contributed by atoms with Gasteiger partial charge in [-0.2, -0.15) is 0 Å². The zero-order valence-electron chi connectivity index (χ0n) is 16.5. The highest BCUT2D eigenvalue weighted by molar-refractivity contribution is 5.76. The highest BCUT2D eigenvalue weighted by Gasteiger charge is 2.26. The molecule has 4 nitrogen and oxygen atoms in total. The molecular weight excluding hydrogens is 322 g/mol. The van der Waals surface area contributed by atoms with Crippen LogP contribution in [0.3, 0.4) is 0 Å². The fourth-order valence-corrected chi connectivity index (χ4v) is 3.88. The fourth-order valence-electron chi connectivity index (χ4n) is 3.88. The molecule has 0 radical (unpaired) electrons. The maximum absolute atomic E-state index is 12.4. The number of nitrogens with zero attached hydrogens (tertiary/aromatic N) is 2. The van der Waals surface area contributed by atoms with Gasteiger partial charge in [-0.1, -0.05) is 50.1 Å². The molecule has 0 spiro atoms. The first-order chi connectivity index (χ1) is 12.7. The average Bonchev–Trinajstić information content (AvgIpc) is 2.70. The van der Waals surface area contributed by atoms with Crippen molar-refractivity contribution < 1.29 is 4.79 Å². The molecule has 26 heavy (non-hydrogen) atoms. The number of rotatable bonds is 11. The molecule has 1 heterocycles. The third-order valence-corrected chi connectivity index (χ3v) is 5.53. The molecule has 1 amide bonds. The molecule has 2 rings (SSSR count). The van der Waals surface area contributed by atoms with Crippen LogP contribution in [0, 0.1) is 0 Å². The van der Waals surface area contributed by atoms with Crippen LogP contribution >= 0.6 is 0 Å². The average molecular weight is 360 g/mol. The van der Waals surface area contributed by atoms with E-state index >= 15 is 0 Å². The van der Waals surface area contributed by atoms with E-state index in [-0.39, 0.29) is 0 Å². The number of benzene rings is 1. The van der Waals surface area contributed by atoms with Crippen molar-refractivity contribution >= 4 is 5.91 Å². The predicted octanol–water partition coefficient (Wildman–Crippen LogP) is 3.45. The van der Waals surface area contributed by atoms with E-state index in [1.54, 1.807) is 0 Å². The molecule has 1 aromatic rings. The van der Waals surface area contributed by atoms with E-state index in [0.29, 0.717) is 18.4 Å². The molecule has 1 aliphatic rings. The van der Waals surface area contributed by atoms with E-state index in [4.69, 9.17) is 5.73 Å². The molecule has 2 N–H and O–H groups in total. The van der Waals surface area contributed by atoms with Gasteiger partial charge in [-0.25, -0.2) is 0 Å². The Hall–Kier alpha value is -1.39. The van der Waals surface area contributed by atoms with Gasteiger partial charge in [0, 0.05) is 38.6 Å². The number of hydrogen-bond donors (Lipinski definition) is 1. The van der Waals surface area contributed by atoms with Crippen LogP contribution in [0.4, 0.5) is 0 Å². The smallest absolute Gasteiger partial charge is 0.222 e. The second-order valence-electron chi connectivity index (χ2n) is 7.45. The Kier molecular flexibility index (Phi) is 9.72. The van der Waals surface area contributed by atoms with Gasteiger partial charge in [0.25, 0.3) is 0 Å². The number of piperidine rings is 1. The largest absolute Gasteiger partial charge is 0.340 e. The van der Waals surface area contributed by atoms with Gasteiger partial charge >= 0.3 is 0 Å². The number of amides is 1. The van der Waals surface area contributed by atoms with Crippen molar-refractivity contribution in [3.8, 4) is 0 Å². The lowest BCUT2D eigenvalue weighted by Gasteiger charge is -2.38. The standard InChI is InChI=1S/C22H37N3O/c1-2-22(26)25(16-9-4-3-8-15-23)21-13-18-24(19-14-21)17-12-20-10-6-5-7-11-20/h5-7,10-11,21H,2-4,8-9,12-19,23H2,1H3. The lowest BCUT2D eigenvalue weighted by Crippen LogP contribution is -2.48. The first-order valence-corrected chi connectivity index (χ1v) is 10.5. The van der Waals surface area contributed by atoms with E-state index in [0.717, 1.165) is 64.8 Å². The molecule has 0 atom stereocenters. The Balaban J connectivity index is 1.74. The Morgan fingerprint density at radius 2 is 1.81 bits per heavy atom. The van der Waals surface area contributed by atoms with Crippen molar-refractivity contribution in [3.05, 3.63) is 35.9 Å². The minimum Gasteiger partial charge on any atom is -0.340 e. The molecule has 1 fully saturated rings. The van der Waals surface area contributed by atoms with Gasteiger partial charge in [0.05, 0.1) is 0 Å². The normalized spacial score (nSPS) is 15.9. The minimum atomic E-state index is 0.326. The SMILES string of the molecule is CCC(=O)N(CCCCCCN)C1CCN(CCc2ccccc2)CC1. The Morgan fingerprint density at radius 3 is 2.46 bits per heavy atom. The number of nitrogens with two attached hydrogens (primary N) is 1. The van der Waals surface area contributed by atoms with E-state index in [1.807, 2.05) is 6.92 Å². The molecule has 0 aromatic heterocycles. The molecule has 0 unspecified atom stereocenters. The summed E-state index contributed by atoms with van der Waals surface area (Å²) in [6, 6.07) is 11.2. The highest BCUT2D eigenvalue weighted by Crippen LogP contribution is 2.19. The van der Waals surface area contributed by atoms with Crippen LogP contribution < -0.4 is 5.73 Å². The van der Waals surface area contributed by atoms with Gasteiger partial charge in [-0.3, -0.25) is 4.79 Å². The molecule has 0 bridgehead atoms. The van der Waals surface area contributed by atoms with Gasteiger partial charge in [0.15, 0.2) is 0 Å². The van der Waals surface area contributed by atoms with Crippen LogP contribution in [-0.4, -0.2) is 54.5 Å². The van der Waals surface area contributed by atoms with E-state index < -0.39 is 0 Å². The summed E-state index contributed by atoms with van der Waals surface area (Å²) in [5.41, 5.74) is 6.97. The van der Waals surface area contributed by atoms with Crippen molar-refractivity contribution in [2.75, 3.05) is 32.7 Å². The second kappa shape index (κ2) is 12.1. The van der Waals surface area contributed by atoms with Crippen LogP contribution in [-0.2, 0) is 11.2 Å². The van der Waals surface area contributed by atoms with Crippen molar-refractivity contribution in [2.45, 2.75) is 64.3 Å². The number of carbonyl (C=O) groups excluding carboxylic acids is 1. The first-order valence-electron chi connectivity index (χ1n) is 10.5. The van der Waals surface area contributed by atoms with Crippen molar-refractivity contribution in [3.63, 3.8) is 0 Å². The summed E-state index contributed by atoms with van der Waals surface area (Å²) in [5.74, 6) is 0.326. The molecule has 146 valence electrons. The zero-order valence-corrected chi connectivity index (χ0v) is 16.5. The summed E-state index contributed by atoms with van der Waals surface area (Å²) in [4.78, 5) is 17.1. The number of hydrogen-bond acceptors (Lipinski definition) is 3. The topological polar surface area (TPSA) is 49.6 Å². The number of carbonyl (C=O) groups is 1. The maximum Gasteiger partial charge on any atom is 0.222 e. The van der Waals surface area contributed by atoms with Crippen LogP contribution in [0.15, 0.2) is 30.3 Å². The lowest BCUT2D eigenvalue weighted by atomic mass is 10.0. The number of likely N-dealkylation sites (tertiary alicyclic amines) is 1. The third kappa shape index (κ3) is 7.08. The van der Waals surface area contributed by atoms with Crippen molar-refractivity contribution in [1.29, 1.82) is 0 Å². The summed E-state index contributed by atoms with van der Waals surface area (Å²) in [7, 11) is 0. The number of unbranched alkanes of at least 4 members (excludes halogenated alkanes) is 3. The lowest BCUT2D eigenvalue weighted by molar-refractivity contribution is -0.134. The Morgan fingerprint density at radius 1 is 1.12 bits per heavy atom.